The van der Waals surface area contributed by atoms with Gasteiger partial charge in [0.15, 0.2) is 17.3 Å². The molecule has 0 bridgehead atoms. The summed E-state index contributed by atoms with van der Waals surface area (Å²) in [6, 6.07) is 8.84. The number of nitrogens with zero attached hydrogens (tertiary/aromatic N) is 3. The summed E-state index contributed by atoms with van der Waals surface area (Å²) in [5, 5.41) is 29.7. The molecule has 2 N–H and O–H groups in total. The summed E-state index contributed by atoms with van der Waals surface area (Å²) >= 11 is 0. The molecule has 204 valence electrons. The van der Waals surface area contributed by atoms with Crippen molar-refractivity contribution in [2.45, 2.75) is 32.6 Å². The van der Waals surface area contributed by atoms with Crippen molar-refractivity contribution >= 4 is 28.7 Å². The third kappa shape index (κ3) is 5.81. The number of anilines is 1. The second kappa shape index (κ2) is 11.6. The van der Waals surface area contributed by atoms with Gasteiger partial charge >= 0.3 is 5.69 Å². The molecular formula is C26H27N5O8. The van der Waals surface area contributed by atoms with Crippen molar-refractivity contribution < 1.29 is 28.5 Å². The number of rotatable bonds is 10. The van der Waals surface area contributed by atoms with Gasteiger partial charge in [-0.1, -0.05) is 6.07 Å². The molecule has 0 saturated carbocycles. The maximum Gasteiger partial charge on any atom is 0.301 e. The SMILES string of the molecule is COc1ccc(CCNC(=O)c2oc3c(c2C)/C(=N/Nc2ccc([N+](=O)[O-])cc2[N+](=O)[O-])CCC3)cc1OC. The zero-order valence-electron chi connectivity index (χ0n) is 21.6. The van der Waals surface area contributed by atoms with Crippen molar-refractivity contribution in [3.8, 4) is 11.5 Å². The van der Waals surface area contributed by atoms with Crippen molar-refractivity contribution in [3.05, 3.63) is 84.8 Å². The van der Waals surface area contributed by atoms with E-state index in [1.54, 1.807) is 27.2 Å². The summed E-state index contributed by atoms with van der Waals surface area (Å²) in [7, 11) is 3.12. The molecule has 0 spiro atoms. The van der Waals surface area contributed by atoms with Crippen LogP contribution in [0.1, 0.15) is 45.8 Å². The van der Waals surface area contributed by atoms with E-state index in [2.05, 4.69) is 15.8 Å². The molecule has 0 unspecified atom stereocenters. The van der Waals surface area contributed by atoms with Crippen LogP contribution in [0.3, 0.4) is 0 Å². The lowest BCUT2D eigenvalue weighted by atomic mass is 9.93. The molecule has 0 radical (unpaired) electrons. The Hall–Kier alpha value is -4.94. The molecule has 0 atom stereocenters. The Morgan fingerprint density at radius 3 is 2.51 bits per heavy atom. The van der Waals surface area contributed by atoms with Crippen molar-refractivity contribution in [2.75, 3.05) is 26.2 Å². The number of hydrogen-bond donors (Lipinski definition) is 2. The molecule has 1 aliphatic rings. The van der Waals surface area contributed by atoms with Crippen LogP contribution in [-0.2, 0) is 12.8 Å². The zero-order chi connectivity index (χ0) is 28.1. The Kier molecular flexibility index (Phi) is 8.08. The Balaban J connectivity index is 1.49. The molecule has 4 rings (SSSR count). The molecule has 1 heterocycles. The van der Waals surface area contributed by atoms with Crippen LogP contribution < -0.4 is 20.2 Å². The van der Waals surface area contributed by atoms with Crippen LogP contribution in [0.25, 0.3) is 0 Å². The monoisotopic (exact) mass is 537 g/mol. The summed E-state index contributed by atoms with van der Waals surface area (Å²) in [6.07, 6.45) is 2.45. The van der Waals surface area contributed by atoms with E-state index < -0.39 is 21.2 Å². The van der Waals surface area contributed by atoms with Gasteiger partial charge in [-0.05, 0) is 49.9 Å². The number of nitro groups is 2. The number of amides is 1. The first-order chi connectivity index (χ1) is 18.7. The average molecular weight is 538 g/mol. The number of methoxy groups -OCH3 is 2. The van der Waals surface area contributed by atoms with Gasteiger partial charge in [0.2, 0.25) is 0 Å². The van der Waals surface area contributed by atoms with Crippen LogP contribution in [0.2, 0.25) is 0 Å². The van der Waals surface area contributed by atoms with Crippen molar-refractivity contribution in [3.63, 3.8) is 0 Å². The highest BCUT2D eigenvalue weighted by Gasteiger charge is 2.28. The molecule has 0 fully saturated rings. The number of nitrogens with one attached hydrogen (secondary N) is 2. The number of nitro benzene ring substituents is 2. The summed E-state index contributed by atoms with van der Waals surface area (Å²) in [5.74, 6) is 1.67. The number of benzene rings is 2. The molecule has 13 heteroatoms. The predicted molar refractivity (Wildman–Crippen MR) is 142 cm³/mol. The fraction of sp³-hybridized carbons (Fsp3) is 0.308. The lowest BCUT2D eigenvalue weighted by Gasteiger charge is -2.13. The maximum absolute atomic E-state index is 13.0. The number of carbonyl (C=O) groups excluding carboxylic acids is 1. The molecule has 0 aliphatic heterocycles. The van der Waals surface area contributed by atoms with E-state index in [0.29, 0.717) is 66.3 Å². The summed E-state index contributed by atoms with van der Waals surface area (Å²) in [5.41, 5.74) is 4.66. The van der Waals surface area contributed by atoms with Gasteiger partial charge < -0.3 is 19.2 Å². The molecular weight excluding hydrogens is 510 g/mol. The fourth-order valence-electron chi connectivity index (χ4n) is 4.44. The number of hydrogen-bond acceptors (Lipinski definition) is 10. The summed E-state index contributed by atoms with van der Waals surface area (Å²) in [4.78, 5) is 34.0. The fourth-order valence-corrected chi connectivity index (χ4v) is 4.44. The molecule has 0 saturated heterocycles. The van der Waals surface area contributed by atoms with Crippen LogP contribution in [0.15, 0.2) is 45.9 Å². The van der Waals surface area contributed by atoms with Gasteiger partial charge in [-0.2, -0.15) is 5.10 Å². The average Bonchev–Trinajstić information content (AvgIpc) is 3.28. The van der Waals surface area contributed by atoms with E-state index in [9.17, 15) is 25.0 Å². The maximum atomic E-state index is 13.0. The van der Waals surface area contributed by atoms with Gasteiger partial charge in [0.25, 0.3) is 11.6 Å². The second-order valence-corrected chi connectivity index (χ2v) is 8.79. The minimum absolute atomic E-state index is 0.0134. The Bertz CT molecular complexity index is 1460. The first-order valence-electron chi connectivity index (χ1n) is 12.1. The highest BCUT2D eigenvalue weighted by molar-refractivity contribution is 6.06. The minimum Gasteiger partial charge on any atom is -0.493 e. The third-order valence-electron chi connectivity index (χ3n) is 6.38. The van der Waals surface area contributed by atoms with Gasteiger partial charge in [-0.15, -0.1) is 0 Å². The Morgan fingerprint density at radius 1 is 1.05 bits per heavy atom. The van der Waals surface area contributed by atoms with E-state index in [1.807, 2.05) is 12.1 Å². The summed E-state index contributed by atoms with van der Waals surface area (Å²) in [6.45, 7) is 2.13. The Labute approximate surface area is 223 Å². The van der Waals surface area contributed by atoms with Crippen LogP contribution >= 0.6 is 0 Å². The lowest BCUT2D eigenvalue weighted by molar-refractivity contribution is -0.393. The number of carbonyl (C=O) groups is 1. The molecule has 2 aromatic carbocycles. The zero-order valence-corrected chi connectivity index (χ0v) is 21.6. The van der Waals surface area contributed by atoms with Gasteiger partial charge in [-0.3, -0.25) is 30.4 Å². The highest BCUT2D eigenvalue weighted by Crippen LogP contribution is 2.32. The van der Waals surface area contributed by atoms with E-state index in [1.165, 1.54) is 6.07 Å². The number of furan rings is 1. The largest absolute Gasteiger partial charge is 0.493 e. The third-order valence-corrected chi connectivity index (χ3v) is 6.38. The van der Waals surface area contributed by atoms with Crippen LogP contribution in [-0.4, -0.2) is 42.2 Å². The van der Waals surface area contributed by atoms with E-state index in [0.717, 1.165) is 17.7 Å². The van der Waals surface area contributed by atoms with Crippen LogP contribution in [0.4, 0.5) is 17.1 Å². The molecule has 39 heavy (non-hydrogen) atoms. The van der Waals surface area contributed by atoms with Crippen molar-refractivity contribution in [1.82, 2.24) is 5.32 Å². The normalized spacial score (nSPS) is 13.5. The number of non-ortho nitro benzene ring substituents is 1. The topological polar surface area (TPSA) is 171 Å². The van der Waals surface area contributed by atoms with Gasteiger partial charge in [0.05, 0.1) is 35.8 Å². The quantitative estimate of drug-likeness (QED) is 0.278. The predicted octanol–water partition coefficient (Wildman–Crippen LogP) is 4.55. The van der Waals surface area contributed by atoms with Crippen LogP contribution in [0.5, 0.6) is 11.5 Å². The lowest BCUT2D eigenvalue weighted by Crippen LogP contribution is -2.26. The molecule has 1 aliphatic carbocycles. The first-order valence-corrected chi connectivity index (χ1v) is 12.1. The molecule has 1 amide bonds. The van der Waals surface area contributed by atoms with Gasteiger partial charge in [0.1, 0.15) is 11.4 Å². The van der Waals surface area contributed by atoms with Gasteiger partial charge in [-0.25, -0.2) is 0 Å². The van der Waals surface area contributed by atoms with E-state index in [4.69, 9.17) is 13.9 Å². The minimum atomic E-state index is -0.713. The second-order valence-electron chi connectivity index (χ2n) is 8.79. The standard InChI is InChI=1S/C26H27N5O8/c1-15-24-19(29-28-18-9-8-17(30(33)34)14-20(18)31(35)36)5-4-6-22(24)39-25(15)26(32)27-12-11-16-7-10-21(37-2)23(13-16)38-3/h7-10,13-14,28H,4-6,11-12H2,1-3H3,(H,27,32)/b29-19+. The van der Waals surface area contributed by atoms with Crippen molar-refractivity contribution in [2.24, 2.45) is 5.10 Å². The van der Waals surface area contributed by atoms with Crippen LogP contribution in [0, 0.1) is 27.2 Å². The molecule has 13 nitrogen and oxygen atoms in total. The van der Waals surface area contributed by atoms with E-state index >= 15 is 0 Å². The molecule has 3 aromatic rings. The smallest absolute Gasteiger partial charge is 0.301 e. The van der Waals surface area contributed by atoms with Crippen molar-refractivity contribution in [1.29, 1.82) is 0 Å². The number of fused-ring (bicyclic) bond motifs is 1. The first kappa shape index (κ1) is 27.1. The van der Waals surface area contributed by atoms with E-state index in [-0.39, 0.29) is 17.4 Å². The summed E-state index contributed by atoms with van der Waals surface area (Å²) < 4.78 is 16.5. The number of ether oxygens (including phenoxy) is 2. The Morgan fingerprint density at radius 2 is 1.82 bits per heavy atom. The number of aryl methyl sites for hydroxylation is 1. The van der Waals surface area contributed by atoms with Gasteiger partial charge in [0, 0.05) is 30.2 Å². The highest BCUT2D eigenvalue weighted by atomic mass is 16.6. The molecule has 1 aromatic heterocycles. The number of hydrazone groups is 1.